The van der Waals surface area contributed by atoms with Crippen LogP contribution < -0.4 is 0 Å². The minimum absolute atomic E-state index is 0.206. The van der Waals surface area contributed by atoms with Gasteiger partial charge in [0.15, 0.2) is 0 Å². The Morgan fingerprint density at radius 2 is 1.91 bits per heavy atom. The zero-order valence-electron chi connectivity index (χ0n) is 7.56. The summed E-state index contributed by atoms with van der Waals surface area (Å²) >= 11 is 2.94. The molecule has 0 spiro atoms. The topological polar surface area (TPSA) is 29.5 Å². The fraction of sp³-hybridized carbons (Fsp3) is 0.833. The summed E-state index contributed by atoms with van der Waals surface area (Å²) in [5, 5.41) is 0. The van der Waals surface area contributed by atoms with Gasteiger partial charge < -0.3 is 9.64 Å². The van der Waals surface area contributed by atoms with Crippen LogP contribution in [0.5, 0.6) is 0 Å². The highest BCUT2D eigenvalue weighted by Gasteiger charge is 1.96. The van der Waals surface area contributed by atoms with E-state index in [2.05, 4.69) is 20.5 Å². The van der Waals surface area contributed by atoms with Crippen LogP contribution >= 0.6 is 15.8 Å². The molecule has 0 saturated heterocycles. The van der Waals surface area contributed by atoms with Crippen molar-refractivity contribution >= 4 is 27.7 Å². The molecule has 0 heterocycles. The smallest absolute Gasteiger partial charge is 0.337 e. The molecule has 0 aliphatic rings. The van der Waals surface area contributed by atoms with Crippen molar-refractivity contribution in [2.45, 2.75) is 6.92 Å². The van der Waals surface area contributed by atoms with Crippen LogP contribution in [-0.2, 0) is 4.74 Å². The first-order valence-electron chi connectivity index (χ1n) is 3.37. The molecule has 66 valence electrons. The summed E-state index contributed by atoms with van der Waals surface area (Å²) in [5.41, 5.74) is 0. The van der Waals surface area contributed by atoms with Crippen molar-refractivity contribution in [2.24, 2.45) is 0 Å². The van der Waals surface area contributed by atoms with Gasteiger partial charge in [-0.15, -0.1) is 15.8 Å². The van der Waals surface area contributed by atoms with E-state index >= 15 is 0 Å². The fourth-order valence-corrected chi connectivity index (χ4v) is 0.361. The highest BCUT2D eigenvalue weighted by atomic mass is 79.9. The minimum Gasteiger partial charge on any atom is -0.473 e. The molecular formula is C6H15BBrNO2. The lowest BCUT2D eigenvalue weighted by Gasteiger charge is -1.92. The van der Waals surface area contributed by atoms with Crippen LogP contribution in [0.15, 0.2) is 0 Å². The number of rotatable bonds is 2. The Labute approximate surface area is 77.3 Å². The molecule has 0 aliphatic carbocycles. The van der Waals surface area contributed by atoms with Crippen molar-refractivity contribution in [2.75, 3.05) is 27.7 Å². The van der Waals surface area contributed by atoms with Crippen LogP contribution in [0.25, 0.3) is 0 Å². The third-order valence-electron chi connectivity index (χ3n) is 0.414. The molecule has 11 heavy (non-hydrogen) atoms. The molecule has 0 saturated carbocycles. The fourth-order valence-electron chi connectivity index (χ4n) is 0.200. The van der Waals surface area contributed by atoms with Gasteiger partial charge in [0, 0.05) is 0 Å². The van der Waals surface area contributed by atoms with Crippen molar-refractivity contribution < 1.29 is 9.53 Å². The molecule has 0 aromatic heterocycles. The summed E-state index contributed by atoms with van der Waals surface area (Å²) < 4.78 is 4.51. The van der Waals surface area contributed by atoms with Crippen LogP contribution in [0, 0.1) is 0 Å². The average Bonchev–Trinajstić information content (AvgIpc) is 1.87. The van der Waals surface area contributed by atoms with E-state index in [-0.39, 0.29) is 5.87 Å². The summed E-state index contributed by atoms with van der Waals surface area (Å²) in [6.45, 7) is 2.24. The van der Waals surface area contributed by atoms with Crippen LogP contribution in [0.2, 0.25) is 0 Å². The van der Waals surface area contributed by atoms with E-state index in [1.54, 1.807) is 6.92 Å². The molecule has 0 aromatic rings. The van der Waals surface area contributed by atoms with Gasteiger partial charge in [0.1, 0.15) is 0 Å². The van der Waals surface area contributed by atoms with Gasteiger partial charge >= 0.3 is 6.10 Å². The highest BCUT2D eigenvalue weighted by molar-refractivity contribution is 9.24. The first kappa shape index (κ1) is 13.6. The van der Waals surface area contributed by atoms with Crippen molar-refractivity contribution in [3.8, 4) is 0 Å². The highest BCUT2D eigenvalue weighted by Crippen LogP contribution is 1.82. The largest absolute Gasteiger partial charge is 0.473 e. The number of halogens is 1. The van der Waals surface area contributed by atoms with Gasteiger partial charge in [0.05, 0.1) is 6.61 Å². The lowest BCUT2D eigenvalue weighted by molar-refractivity contribution is 0.179. The number of ether oxygens (including phenoxy) is 1. The Morgan fingerprint density at radius 1 is 1.55 bits per heavy atom. The monoisotopic (exact) mass is 223 g/mol. The molecule has 0 bridgehead atoms. The maximum Gasteiger partial charge on any atom is 0.337 e. The summed E-state index contributed by atoms with van der Waals surface area (Å²) in [5.74, 6) is -0.206. The molecule has 5 heteroatoms. The van der Waals surface area contributed by atoms with Gasteiger partial charge in [-0.1, -0.05) is 0 Å². The second-order valence-corrected chi connectivity index (χ2v) is 2.84. The Kier molecular flexibility index (Phi) is 12.3. The number of carbonyl (C=O) groups is 1. The van der Waals surface area contributed by atoms with Crippen molar-refractivity contribution in [3.05, 3.63) is 0 Å². The van der Waals surface area contributed by atoms with Gasteiger partial charge in [0.25, 0.3) is 5.87 Å². The Balaban J connectivity index is 0. The van der Waals surface area contributed by atoms with Gasteiger partial charge in [0.2, 0.25) is 0 Å². The summed E-state index contributed by atoms with van der Waals surface area (Å²) in [6.07, 6.45) is 0.292. The van der Waals surface area contributed by atoms with Gasteiger partial charge in [-0.3, -0.25) is 4.79 Å². The molecule has 0 aliphatic heterocycles. The minimum atomic E-state index is -0.206. The number of carbonyl (C=O) groups excluding carboxylic acids is 1. The molecule has 0 amide bonds. The average molecular weight is 224 g/mol. The number of hydrogen-bond donors (Lipinski definition) is 0. The quantitative estimate of drug-likeness (QED) is 0.657. The molecule has 0 atom stereocenters. The molecule has 0 N–H and O–H groups in total. The van der Waals surface area contributed by atoms with Crippen LogP contribution in [0.1, 0.15) is 6.92 Å². The molecule has 0 rings (SSSR count). The first-order valence-corrected chi connectivity index (χ1v) is 4.49. The second-order valence-electron chi connectivity index (χ2n) is 2.28. The predicted octanol–water partition coefficient (Wildman–Crippen LogP) is 1.07. The SMILES string of the molecule is CCOC(=O)BBr.CN(C)C. The van der Waals surface area contributed by atoms with E-state index < -0.39 is 0 Å². The third kappa shape index (κ3) is 25.6. The zero-order chi connectivity index (χ0) is 9.28. The molecule has 0 unspecified atom stereocenters. The van der Waals surface area contributed by atoms with E-state index in [4.69, 9.17) is 0 Å². The van der Waals surface area contributed by atoms with Gasteiger partial charge in [-0.25, -0.2) is 0 Å². The normalized spacial score (nSPS) is 8.18. The Bertz CT molecular complexity index is 97.8. The molecule has 0 aromatic carbocycles. The summed E-state index contributed by atoms with van der Waals surface area (Å²) in [7, 11) is 6.00. The van der Waals surface area contributed by atoms with Gasteiger partial charge in [-0.2, -0.15) is 0 Å². The lowest BCUT2D eigenvalue weighted by atomic mass is 10.2. The third-order valence-corrected chi connectivity index (χ3v) is 0.872. The first-order chi connectivity index (χ1) is 5.04. The molecule has 0 fully saturated rings. The Morgan fingerprint density at radius 3 is 2.00 bits per heavy atom. The van der Waals surface area contributed by atoms with E-state index in [9.17, 15) is 4.79 Å². The predicted molar refractivity (Wildman–Crippen MR) is 52.7 cm³/mol. The van der Waals surface area contributed by atoms with E-state index in [1.807, 2.05) is 26.0 Å². The lowest BCUT2D eigenvalue weighted by Crippen LogP contribution is -2.04. The maximum atomic E-state index is 10.1. The molecular weight excluding hydrogens is 209 g/mol. The standard InChI is InChI=1S/C3H6BBrO2.C3H9N/c1-2-7-3(6)4-5;1-4(2)3/h4H,2H2,1H3;1-3H3. The van der Waals surface area contributed by atoms with Crippen LogP contribution in [0.4, 0.5) is 4.79 Å². The van der Waals surface area contributed by atoms with Crippen molar-refractivity contribution in [1.82, 2.24) is 4.90 Å². The Hall–Kier alpha value is -0.0251. The van der Waals surface area contributed by atoms with E-state index in [1.165, 1.54) is 0 Å². The molecule has 0 radical (unpaired) electrons. The van der Waals surface area contributed by atoms with Crippen molar-refractivity contribution in [1.29, 1.82) is 0 Å². The summed E-state index contributed by atoms with van der Waals surface area (Å²) in [4.78, 5) is 12.1. The van der Waals surface area contributed by atoms with Gasteiger partial charge in [-0.05, 0) is 28.1 Å². The van der Waals surface area contributed by atoms with Crippen LogP contribution in [-0.4, -0.2) is 44.6 Å². The second kappa shape index (κ2) is 9.97. The van der Waals surface area contributed by atoms with Crippen LogP contribution in [0.3, 0.4) is 0 Å². The number of hydrogen-bond acceptors (Lipinski definition) is 3. The maximum absolute atomic E-state index is 10.1. The zero-order valence-corrected chi connectivity index (χ0v) is 9.14. The van der Waals surface area contributed by atoms with Crippen molar-refractivity contribution in [3.63, 3.8) is 0 Å². The number of nitrogens with zero attached hydrogens (tertiary/aromatic N) is 1. The van der Waals surface area contributed by atoms with E-state index in [0.29, 0.717) is 12.7 Å². The van der Waals surface area contributed by atoms with E-state index in [0.717, 1.165) is 0 Å². The molecule has 3 nitrogen and oxygen atoms in total. The summed E-state index contributed by atoms with van der Waals surface area (Å²) in [6, 6.07) is 0.